The van der Waals surface area contributed by atoms with Gasteiger partial charge in [0, 0.05) is 25.3 Å². The van der Waals surface area contributed by atoms with Gasteiger partial charge in [0.2, 0.25) is 5.91 Å². The van der Waals surface area contributed by atoms with Gasteiger partial charge in [-0.1, -0.05) is 11.8 Å². The van der Waals surface area contributed by atoms with Crippen molar-refractivity contribution >= 4 is 45.9 Å². The lowest BCUT2D eigenvalue weighted by Gasteiger charge is -2.23. The number of carbonyl (C=O) groups excluding carboxylic acids is 2. The Bertz CT molecular complexity index is 1880. The molecule has 258 valence electrons. The van der Waals surface area contributed by atoms with Gasteiger partial charge < -0.3 is 19.7 Å². The third kappa shape index (κ3) is 8.98. The Hall–Kier alpha value is -5.33. The van der Waals surface area contributed by atoms with E-state index in [1.807, 2.05) is 0 Å². The van der Waals surface area contributed by atoms with E-state index in [1.54, 1.807) is 25.1 Å². The molecule has 0 atom stereocenters. The summed E-state index contributed by atoms with van der Waals surface area (Å²) in [6, 6.07) is 12.0. The number of urea groups is 1. The fourth-order valence-electron chi connectivity index (χ4n) is 4.35. The van der Waals surface area contributed by atoms with Crippen LogP contribution >= 0.6 is 11.8 Å². The molecule has 1 aliphatic heterocycles. The molecular weight excluding hydrogens is 687 g/mol. The summed E-state index contributed by atoms with van der Waals surface area (Å²) in [5.41, 5.74) is 0.941. The number of halogens is 7. The largest absolute Gasteiger partial charge is 0.573 e. The minimum absolute atomic E-state index is 0.0380. The van der Waals surface area contributed by atoms with E-state index in [2.05, 4.69) is 25.1 Å². The quantitative estimate of drug-likeness (QED) is 0.184. The first-order valence-electron chi connectivity index (χ1n) is 14.0. The first-order valence-corrected chi connectivity index (χ1v) is 15.0. The molecule has 1 saturated heterocycles. The number of thioether (sulfide) groups is 1. The van der Waals surface area contributed by atoms with Gasteiger partial charge in [-0.15, -0.1) is 18.3 Å². The van der Waals surface area contributed by atoms with E-state index >= 15 is 4.39 Å². The summed E-state index contributed by atoms with van der Waals surface area (Å²) in [6.45, 7) is -0.709. The molecule has 0 unspecified atom stereocenters. The van der Waals surface area contributed by atoms with Gasteiger partial charge in [-0.05, 0) is 60.7 Å². The number of amides is 3. The van der Waals surface area contributed by atoms with Gasteiger partial charge in [-0.3, -0.25) is 9.69 Å². The van der Waals surface area contributed by atoms with Crippen LogP contribution in [-0.4, -0.2) is 70.9 Å². The zero-order chi connectivity index (χ0) is 35.5. The topological polar surface area (TPSA) is 114 Å². The summed E-state index contributed by atoms with van der Waals surface area (Å²) in [5, 5.41) is 6.40. The highest BCUT2D eigenvalue weighted by Gasteiger charge is 2.34. The molecule has 1 N–H and O–H groups in total. The number of benzene rings is 3. The molecule has 5 rings (SSSR count). The number of hydrogen-bond acceptors (Lipinski definition) is 8. The Morgan fingerprint density at radius 2 is 1.78 bits per heavy atom. The van der Waals surface area contributed by atoms with Crippen LogP contribution in [0.15, 0.2) is 72.0 Å². The highest BCUT2D eigenvalue weighted by atomic mass is 32.2. The van der Waals surface area contributed by atoms with Crippen LogP contribution in [0.3, 0.4) is 0 Å². The number of hydrogen-bond donors (Lipinski definition) is 1. The normalized spacial score (nSPS) is 14.3. The number of rotatable bonds is 9. The highest BCUT2D eigenvalue weighted by Crippen LogP contribution is 2.38. The molecule has 1 fully saturated rings. The number of aromatic nitrogens is 3. The van der Waals surface area contributed by atoms with Crippen LogP contribution in [0, 0.1) is 5.82 Å². The van der Waals surface area contributed by atoms with E-state index in [0.29, 0.717) is 11.4 Å². The average Bonchev–Trinajstić information content (AvgIpc) is 3.64. The summed E-state index contributed by atoms with van der Waals surface area (Å²) in [7, 11) is 3.43. The number of aliphatic imine (C=N–C) groups is 1. The third-order valence-corrected chi connectivity index (χ3v) is 7.52. The van der Waals surface area contributed by atoms with Crippen LogP contribution in [0.4, 0.5) is 52.6 Å². The predicted molar refractivity (Wildman–Crippen MR) is 167 cm³/mol. The van der Waals surface area contributed by atoms with E-state index in [9.17, 15) is 35.9 Å². The van der Waals surface area contributed by atoms with Crippen molar-refractivity contribution in [2.24, 2.45) is 4.99 Å². The molecule has 19 heteroatoms. The minimum atomic E-state index is -4.85. The molecule has 49 heavy (non-hydrogen) atoms. The van der Waals surface area contributed by atoms with Crippen LogP contribution in [-0.2, 0) is 4.79 Å². The van der Waals surface area contributed by atoms with Crippen molar-refractivity contribution in [3.63, 3.8) is 0 Å². The molecule has 1 aliphatic rings. The van der Waals surface area contributed by atoms with Crippen molar-refractivity contribution in [1.29, 1.82) is 0 Å². The Morgan fingerprint density at radius 3 is 2.43 bits per heavy atom. The smallest absolute Gasteiger partial charge is 0.491 e. The predicted octanol–water partition coefficient (Wildman–Crippen LogP) is 7.04. The molecular formula is C30H24F7N7O4S. The number of amidine groups is 1. The summed E-state index contributed by atoms with van der Waals surface area (Å²) >= 11 is 0.898. The maximum absolute atomic E-state index is 15.1. The molecule has 0 spiro atoms. The van der Waals surface area contributed by atoms with Gasteiger partial charge in [0.25, 0.3) is 0 Å². The van der Waals surface area contributed by atoms with E-state index in [0.717, 1.165) is 34.9 Å². The van der Waals surface area contributed by atoms with Gasteiger partial charge in [0.15, 0.2) is 11.0 Å². The molecule has 0 bridgehead atoms. The van der Waals surface area contributed by atoms with Crippen molar-refractivity contribution in [2.45, 2.75) is 19.0 Å². The standard InChI is InChI=1S/C30H24F7N7O4S/c1-42(2)19-6-10-24(47-12-11-29(32,33)34)23(14-19)44-25(45)15-49-28(44)40-27(46)39-22-9-3-17(13-21(22)31)26-38-16-43(41-26)18-4-7-20(8-5-18)48-30(35,36)37/h3-10,13-14,16H,11-12,15H2,1-2H3,(H,39,46)/b40-28-. The van der Waals surface area contributed by atoms with Crippen molar-refractivity contribution in [3.05, 3.63) is 72.8 Å². The van der Waals surface area contributed by atoms with Gasteiger partial charge in [0.1, 0.15) is 23.6 Å². The number of alkyl halides is 6. The average molecular weight is 712 g/mol. The monoisotopic (exact) mass is 711 g/mol. The van der Waals surface area contributed by atoms with Crippen molar-refractivity contribution < 1.29 is 49.8 Å². The van der Waals surface area contributed by atoms with Crippen LogP contribution in [0.1, 0.15) is 6.42 Å². The van der Waals surface area contributed by atoms with Gasteiger partial charge in [-0.25, -0.2) is 18.9 Å². The molecule has 0 radical (unpaired) electrons. The lowest BCUT2D eigenvalue weighted by molar-refractivity contribution is -0.274. The van der Waals surface area contributed by atoms with Crippen molar-refractivity contribution in [3.8, 4) is 28.6 Å². The van der Waals surface area contributed by atoms with Crippen LogP contribution < -0.4 is 24.6 Å². The highest BCUT2D eigenvalue weighted by molar-refractivity contribution is 8.15. The molecule has 4 aromatic rings. The second kappa shape index (κ2) is 14.0. The lowest BCUT2D eigenvalue weighted by Crippen LogP contribution is -2.31. The number of carbonyl (C=O) groups is 2. The Morgan fingerprint density at radius 1 is 1.04 bits per heavy atom. The number of nitrogens with zero attached hydrogens (tertiary/aromatic N) is 6. The Kier molecular flexibility index (Phi) is 10.0. The summed E-state index contributed by atoms with van der Waals surface area (Å²) < 4.78 is 101. The van der Waals surface area contributed by atoms with Crippen LogP contribution in [0.2, 0.25) is 0 Å². The van der Waals surface area contributed by atoms with Crippen LogP contribution in [0.25, 0.3) is 17.1 Å². The summed E-state index contributed by atoms with van der Waals surface area (Å²) in [5.74, 6) is -1.93. The molecule has 11 nitrogen and oxygen atoms in total. The maximum Gasteiger partial charge on any atom is 0.573 e. The third-order valence-electron chi connectivity index (χ3n) is 6.60. The Balaban J connectivity index is 1.31. The molecule has 2 heterocycles. The van der Waals surface area contributed by atoms with Gasteiger partial charge in [0.05, 0.1) is 35.8 Å². The molecule has 3 amide bonds. The van der Waals surface area contributed by atoms with Crippen molar-refractivity contribution in [1.82, 2.24) is 14.8 Å². The maximum atomic E-state index is 15.1. The number of ether oxygens (including phenoxy) is 2. The number of anilines is 3. The van der Waals surface area contributed by atoms with Crippen LogP contribution in [0.5, 0.6) is 11.5 Å². The number of nitrogens with one attached hydrogen (secondary N) is 1. The fourth-order valence-corrected chi connectivity index (χ4v) is 5.20. The van der Waals surface area contributed by atoms with E-state index in [-0.39, 0.29) is 39.4 Å². The zero-order valence-electron chi connectivity index (χ0n) is 25.3. The fraction of sp³-hybridized carbons (Fsp3) is 0.233. The minimum Gasteiger partial charge on any atom is -0.491 e. The van der Waals surface area contributed by atoms with Crippen molar-refractivity contribution in [2.75, 3.05) is 41.6 Å². The second-order valence-corrected chi connectivity index (χ2v) is 11.3. The first-order chi connectivity index (χ1) is 23.1. The first kappa shape index (κ1) is 35.0. The van der Waals surface area contributed by atoms with E-state index in [1.165, 1.54) is 47.4 Å². The van der Waals surface area contributed by atoms with Gasteiger partial charge >= 0.3 is 18.6 Å². The lowest BCUT2D eigenvalue weighted by atomic mass is 10.2. The van der Waals surface area contributed by atoms with Gasteiger partial charge in [-0.2, -0.15) is 18.2 Å². The SMILES string of the molecule is CN(C)c1ccc(OCCC(F)(F)F)c(N2C(=O)CS/C2=N\C(=O)Nc2ccc(-c3ncn(-c4ccc(OC(F)(F)F)cc4)n3)cc2F)c1. The molecule has 1 aromatic heterocycles. The zero-order valence-corrected chi connectivity index (χ0v) is 26.2. The van der Waals surface area contributed by atoms with E-state index < -0.39 is 49.1 Å². The second-order valence-electron chi connectivity index (χ2n) is 10.4. The molecule has 0 aliphatic carbocycles. The molecule has 0 saturated carbocycles. The van der Waals surface area contributed by atoms with E-state index in [4.69, 9.17) is 4.74 Å². The summed E-state index contributed by atoms with van der Waals surface area (Å²) in [4.78, 5) is 36.5. The summed E-state index contributed by atoms with van der Waals surface area (Å²) in [6.07, 6.45) is -9.27. The molecule has 3 aromatic carbocycles. The Labute approximate surface area is 277 Å².